The minimum absolute atomic E-state index is 0.181. The number of hydrogen-bond acceptors (Lipinski definition) is 3. The van der Waals surface area contributed by atoms with E-state index >= 15 is 0 Å². The molecule has 1 aliphatic heterocycles. The van der Waals surface area contributed by atoms with Crippen LogP contribution in [0.15, 0.2) is 146 Å². The third kappa shape index (κ3) is 5.98. The van der Waals surface area contributed by atoms with E-state index in [0.29, 0.717) is 6.42 Å². The Morgan fingerprint density at radius 2 is 1.19 bits per heavy atom. The lowest BCUT2D eigenvalue weighted by Gasteiger charge is -2.25. The number of carbonyl (C=O) groups is 1. The van der Waals surface area contributed by atoms with E-state index in [1.165, 1.54) is 27.7 Å². The van der Waals surface area contributed by atoms with Gasteiger partial charge in [-0.3, -0.25) is 4.79 Å². The first-order valence-electron chi connectivity index (χ1n) is 14.7. The molecule has 1 atom stereocenters. The SMILES string of the molecule is O=C1CC=CC(c2ccc3cc(/C=C/c4ccc5cc(CN(c6ccccc6)c6ccccc6)ccc5c4)ccc3c2)O1. The molecule has 208 valence electrons. The smallest absolute Gasteiger partial charge is 0.310 e. The van der Waals surface area contributed by atoms with Gasteiger partial charge in [-0.05, 0) is 98.4 Å². The Labute approximate surface area is 252 Å². The van der Waals surface area contributed by atoms with Crippen molar-refractivity contribution >= 4 is 51.0 Å². The van der Waals surface area contributed by atoms with Gasteiger partial charge in [0, 0.05) is 17.9 Å². The van der Waals surface area contributed by atoms with Crippen molar-refractivity contribution in [1.29, 1.82) is 0 Å². The fraction of sp³-hybridized carbons (Fsp3) is 0.0750. The Bertz CT molecular complexity index is 1940. The van der Waals surface area contributed by atoms with Gasteiger partial charge < -0.3 is 9.64 Å². The zero-order chi connectivity index (χ0) is 29.0. The molecule has 7 rings (SSSR count). The number of rotatable bonds is 7. The summed E-state index contributed by atoms with van der Waals surface area (Å²) < 4.78 is 5.48. The molecule has 6 aromatic carbocycles. The Hall–Kier alpha value is -5.41. The van der Waals surface area contributed by atoms with Crippen molar-refractivity contribution in [2.45, 2.75) is 19.1 Å². The summed E-state index contributed by atoms with van der Waals surface area (Å²) in [6.45, 7) is 0.789. The Morgan fingerprint density at radius 1 is 0.628 bits per heavy atom. The summed E-state index contributed by atoms with van der Waals surface area (Å²) in [7, 11) is 0. The highest BCUT2D eigenvalue weighted by Crippen LogP contribution is 2.30. The number of benzene rings is 6. The van der Waals surface area contributed by atoms with Gasteiger partial charge in [0.1, 0.15) is 6.10 Å². The number of esters is 1. The first-order valence-corrected chi connectivity index (χ1v) is 14.7. The van der Waals surface area contributed by atoms with Gasteiger partial charge in [-0.1, -0.05) is 103 Å². The summed E-state index contributed by atoms with van der Waals surface area (Å²) in [5.41, 5.74) is 6.91. The molecule has 0 aliphatic carbocycles. The van der Waals surface area contributed by atoms with Gasteiger partial charge in [-0.25, -0.2) is 0 Å². The summed E-state index contributed by atoms with van der Waals surface area (Å²) in [5.74, 6) is -0.181. The maximum atomic E-state index is 11.7. The highest BCUT2D eigenvalue weighted by atomic mass is 16.5. The number of fused-ring (bicyclic) bond motifs is 2. The molecule has 0 saturated carbocycles. The van der Waals surface area contributed by atoms with Crippen LogP contribution in [0, 0.1) is 0 Å². The van der Waals surface area contributed by atoms with Gasteiger partial charge in [0.05, 0.1) is 6.42 Å². The van der Waals surface area contributed by atoms with Crippen LogP contribution in [-0.2, 0) is 16.1 Å². The van der Waals surface area contributed by atoms with Crippen molar-refractivity contribution in [3.63, 3.8) is 0 Å². The standard InChI is InChI=1S/C40H31NO2/c42-40-13-7-12-39(43-40)36-23-22-34-25-30(17-20-35(34)27-36)15-14-29-16-19-33-26-31(18-21-32(33)24-29)28-41(37-8-3-1-4-9-37)38-10-5-2-6-11-38/h1-12,14-27,39H,13,28H2/b15-14+. The molecule has 0 spiro atoms. The largest absolute Gasteiger partial charge is 0.453 e. The molecule has 1 aliphatic rings. The third-order valence-corrected chi connectivity index (χ3v) is 7.94. The van der Waals surface area contributed by atoms with Crippen molar-refractivity contribution in [2.75, 3.05) is 4.90 Å². The van der Waals surface area contributed by atoms with E-state index in [-0.39, 0.29) is 12.1 Å². The molecule has 0 saturated heterocycles. The summed E-state index contributed by atoms with van der Waals surface area (Å²) in [5, 5.41) is 4.74. The van der Waals surface area contributed by atoms with Crippen LogP contribution < -0.4 is 4.90 Å². The predicted molar refractivity (Wildman–Crippen MR) is 178 cm³/mol. The van der Waals surface area contributed by atoms with Gasteiger partial charge in [0.2, 0.25) is 0 Å². The summed E-state index contributed by atoms with van der Waals surface area (Å²) >= 11 is 0. The lowest BCUT2D eigenvalue weighted by Crippen LogP contribution is -2.16. The molecule has 43 heavy (non-hydrogen) atoms. The number of anilines is 2. The minimum Gasteiger partial charge on any atom is -0.453 e. The molecule has 0 amide bonds. The lowest BCUT2D eigenvalue weighted by molar-refractivity contribution is -0.147. The molecule has 0 bridgehead atoms. The minimum atomic E-state index is -0.305. The molecule has 0 radical (unpaired) electrons. The molecule has 1 unspecified atom stereocenters. The number of hydrogen-bond donors (Lipinski definition) is 0. The van der Waals surface area contributed by atoms with E-state index in [0.717, 1.165) is 34.0 Å². The molecule has 0 N–H and O–H groups in total. The van der Waals surface area contributed by atoms with E-state index in [1.807, 2.05) is 18.2 Å². The van der Waals surface area contributed by atoms with Crippen molar-refractivity contribution in [2.24, 2.45) is 0 Å². The van der Waals surface area contributed by atoms with Crippen LogP contribution in [0.2, 0.25) is 0 Å². The van der Waals surface area contributed by atoms with Crippen LogP contribution in [0.4, 0.5) is 11.4 Å². The van der Waals surface area contributed by atoms with E-state index in [4.69, 9.17) is 4.74 Å². The van der Waals surface area contributed by atoms with E-state index in [9.17, 15) is 4.79 Å². The summed E-state index contributed by atoms with van der Waals surface area (Å²) in [6, 6.07) is 47.2. The maximum absolute atomic E-state index is 11.7. The highest BCUT2D eigenvalue weighted by Gasteiger charge is 2.17. The molecule has 1 heterocycles. The van der Waals surface area contributed by atoms with Crippen molar-refractivity contribution in [3.8, 4) is 0 Å². The van der Waals surface area contributed by atoms with Crippen LogP contribution in [0.1, 0.15) is 34.8 Å². The van der Waals surface area contributed by atoms with Crippen LogP contribution in [-0.4, -0.2) is 5.97 Å². The number of para-hydroxylation sites is 2. The van der Waals surface area contributed by atoms with Crippen LogP contribution in [0.25, 0.3) is 33.7 Å². The second-order valence-corrected chi connectivity index (χ2v) is 10.9. The normalized spacial score (nSPS) is 14.8. The number of cyclic esters (lactones) is 1. The number of nitrogens with zero attached hydrogens (tertiary/aromatic N) is 1. The molecular formula is C40H31NO2. The maximum Gasteiger partial charge on any atom is 0.310 e. The van der Waals surface area contributed by atoms with Gasteiger partial charge in [-0.15, -0.1) is 0 Å². The zero-order valence-electron chi connectivity index (χ0n) is 23.8. The second kappa shape index (κ2) is 11.8. The molecule has 3 heteroatoms. The summed E-state index contributed by atoms with van der Waals surface area (Å²) in [6.07, 6.45) is 8.20. The van der Waals surface area contributed by atoms with E-state index in [1.54, 1.807) is 0 Å². The Balaban J connectivity index is 1.09. The van der Waals surface area contributed by atoms with Crippen molar-refractivity contribution < 1.29 is 9.53 Å². The zero-order valence-corrected chi connectivity index (χ0v) is 23.8. The highest BCUT2D eigenvalue weighted by molar-refractivity contribution is 5.89. The van der Waals surface area contributed by atoms with Crippen molar-refractivity contribution in [3.05, 3.63) is 168 Å². The van der Waals surface area contributed by atoms with Crippen LogP contribution in [0.3, 0.4) is 0 Å². The number of carbonyl (C=O) groups excluding carboxylic acids is 1. The fourth-order valence-electron chi connectivity index (χ4n) is 5.70. The third-order valence-electron chi connectivity index (χ3n) is 7.94. The molecule has 0 aromatic heterocycles. The number of ether oxygens (including phenoxy) is 1. The molecule has 0 fully saturated rings. The fourth-order valence-corrected chi connectivity index (χ4v) is 5.70. The molecule has 3 nitrogen and oxygen atoms in total. The summed E-state index contributed by atoms with van der Waals surface area (Å²) in [4.78, 5) is 14.0. The van der Waals surface area contributed by atoms with Crippen LogP contribution >= 0.6 is 0 Å². The second-order valence-electron chi connectivity index (χ2n) is 10.9. The Kier molecular flexibility index (Phi) is 7.29. The van der Waals surface area contributed by atoms with Crippen LogP contribution in [0.5, 0.6) is 0 Å². The predicted octanol–water partition coefficient (Wildman–Crippen LogP) is 10.0. The molecular weight excluding hydrogens is 526 g/mol. The van der Waals surface area contributed by atoms with Gasteiger partial charge in [-0.2, -0.15) is 0 Å². The Morgan fingerprint density at radius 3 is 1.81 bits per heavy atom. The van der Waals surface area contributed by atoms with Gasteiger partial charge >= 0.3 is 5.97 Å². The average molecular weight is 558 g/mol. The van der Waals surface area contributed by atoms with Gasteiger partial charge in [0.15, 0.2) is 0 Å². The lowest BCUT2D eigenvalue weighted by atomic mass is 10.00. The first-order chi connectivity index (χ1) is 21.2. The van der Waals surface area contributed by atoms with Gasteiger partial charge in [0.25, 0.3) is 0 Å². The van der Waals surface area contributed by atoms with E-state index in [2.05, 4.69) is 144 Å². The van der Waals surface area contributed by atoms with Crippen molar-refractivity contribution in [1.82, 2.24) is 0 Å². The quantitative estimate of drug-likeness (QED) is 0.111. The molecule has 6 aromatic rings. The first kappa shape index (κ1) is 26.5. The average Bonchev–Trinajstić information content (AvgIpc) is 3.06. The van der Waals surface area contributed by atoms with E-state index < -0.39 is 0 Å². The monoisotopic (exact) mass is 557 g/mol. The topological polar surface area (TPSA) is 29.5 Å².